The zero-order valence-corrected chi connectivity index (χ0v) is 45.5. The topological polar surface area (TPSA) is 125 Å². The van der Waals surface area contributed by atoms with Crippen molar-refractivity contribution >= 4 is 61.3 Å². The van der Waals surface area contributed by atoms with Crippen LogP contribution < -0.4 is 15.1 Å². The summed E-state index contributed by atoms with van der Waals surface area (Å²) in [5.41, 5.74) is 1.21. The smallest absolute Gasteiger partial charge is 0.308 e. The van der Waals surface area contributed by atoms with Crippen LogP contribution in [0.3, 0.4) is 0 Å². The first-order valence-corrected chi connectivity index (χ1v) is 28.6. The van der Waals surface area contributed by atoms with Gasteiger partial charge in [0.1, 0.15) is 11.6 Å². The lowest BCUT2D eigenvalue weighted by molar-refractivity contribution is -0.145. The van der Waals surface area contributed by atoms with Gasteiger partial charge in [-0.25, -0.2) is 26.9 Å². The predicted octanol–water partition coefficient (Wildman–Crippen LogP) is 12.0. The van der Waals surface area contributed by atoms with Crippen molar-refractivity contribution in [2.75, 3.05) is 25.2 Å². The van der Waals surface area contributed by atoms with E-state index in [1.54, 1.807) is 19.3 Å². The maximum Gasteiger partial charge on any atom is 0.308 e. The Bertz CT molecular complexity index is 3050. The van der Waals surface area contributed by atoms with E-state index in [4.69, 9.17) is 24.0 Å². The number of aromatic amines is 1. The Kier molecular flexibility index (Phi) is 16.3. The number of fused-ring (bicyclic) bond motifs is 1. The second-order valence-corrected chi connectivity index (χ2v) is 28.0. The molecule has 2 unspecified atom stereocenters. The molecule has 10 nitrogen and oxygen atoms in total. The van der Waals surface area contributed by atoms with Gasteiger partial charge in [0.25, 0.3) is 8.32 Å². The highest BCUT2D eigenvalue weighted by Gasteiger charge is 2.50. The number of rotatable bonds is 21. The Hall–Kier alpha value is -5.48. The molecule has 0 aliphatic carbocycles. The van der Waals surface area contributed by atoms with Gasteiger partial charge in [-0.3, -0.25) is 4.79 Å². The van der Waals surface area contributed by atoms with Crippen LogP contribution >= 0.6 is 15.9 Å². The van der Waals surface area contributed by atoms with Crippen LogP contribution in [0.25, 0.3) is 22.3 Å². The van der Waals surface area contributed by atoms with E-state index >= 15 is 8.78 Å². The van der Waals surface area contributed by atoms with E-state index in [1.165, 1.54) is 36.1 Å². The molecule has 0 amide bonds. The van der Waals surface area contributed by atoms with E-state index in [2.05, 4.69) is 78.9 Å². The third kappa shape index (κ3) is 11.9. The number of methoxy groups -OCH3 is 1. The third-order valence-corrected chi connectivity index (χ3v) is 21.5. The molecule has 7 aromatic rings. The Balaban J connectivity index is 1.13. The van der Waals surface area contributed by atoms with E-state index in [0.29, 0.717) is 47.9 Å². The van der Waals surface area contributed by atoms with Gasteiger partial charge < -0.3 is 18.9 Å². The summed E-state index contributed by atoms with van der Waals surface area (Å²) in [6, 6.07) is 35.8. The zero-order chi connectivity index (χ0) is 51.4. The Morgan fingerprint density at radius 1 is 0.859 bits per heavy atom. The lowest BCUT2D eigenvalue weighted by atomic mass is 9.75. The van der Waals surface area contributed by atoms with Crippen LogP contribution in [-0.2, 0) is 42.7 Å². The van der Waals surface area contributed by atoms with E-state index in [1.807, 2.05) is 75.4 Å². The quantitative estimate of drug-likeness (QED) is 0.0557. The molecule has 7 rings (SSSR count). The second-order valence-electron chi connectivity index (χ2n) is 20.7. The average Bonchev–Trinajstić information content (AvgIpc) is 3.97. The maximum absolute atomic E-state index is 15.9. The molecule has 0 saturated carbocycles. The zero-order valence-electron chi connectivity index (χ0n) is 42.1. The van der Waals surface area contributed by atoms with Crippen molar-refractivity contribution in [1.29, 1.82) is 0 Å². The number of hydrogen-bond donors (Lipinski definition) is 1. The first kappa shape index (κ1) is 53.3. The summed E-state index contributed by atoms with van der Waals surface area (Å²) in [4.78, 5) is 20.3. The number of aromatic nitrogens is 4. The van der Waals surface area contributed by atoms with Crippen molar-refractivity contribution in [3.8, 4) is 22.9 Å². The summed E-state index contributed by atoms with van der Waals surface area (Å²) < 4.78 is 79.4. The third-order valence-electron chi connectivity index (χ3n) is 13.7. The summed E-state index contributed by atoms with van der Waals surface area (Å²) in [6.45, 7) is 14.5. The van der Waals surface area contributed by atoms with Crippen molar-refractivity contribution in [3.63, 3.8) is 0 Å². The number of H-pyrrole nitrogens is 1. The summed E-state index contributed by atoms with van der Waals surface area (Å²) in [7, 11) is -3.42. The summed E-state index contributed by atoms with van der Waals surface area (Å²) in [5.74, 6) is -1.03. The first-order valence-electron chi connectivity index (χ1n) is 24.0. The molecule has 0 bridgehead atoms. The fourth-order valence-electron chi connectivity index (χ4n) is 9.82. The molecular weight excluding hydrogens is 1000 g/mol. The SMILES string of the molecule is COC(=O)C(C)CCc1cccc(C(C)(CCCC(C)(C)CS(=O)(=O)CCO[Si](c2ccccc2)(c2ccccc2)C(C)(C)C)c2nc(-c3cc(Oc4c(F)cc5[nH]ccc5c4Br)ccc3F)n(C)n2)c1. The van der Waals surface area contributed by atoms with Gasteiger partial charge >= 0.3 is 5.97 Å². The maximum atomic E-state index is 15.9. The number of benzene rings is 5. The largest absolute Gasteiger partial charge is 0.469 e. The fourth-order valence-corrected chi connectivity index (χ4v) is 17.0. The Labute approximate surface area is 426 Å². The molecule has 0 aliphatic rings. The predicted molar refractivity (Wildman–Crippen MR) is 285 cm³/mol. The highest BCUT2D eigenvalue weighted by atomic mass is 79.9. The molecule has 2 aromatic heterocycles. The van der Waals surface area contributed by atoms with Crippen LogP contribution in [0.5, 0.6) is 11.5 Å². The highest BCUT2D eigenvalue weighted by molar-refractivity contribution is 9.10. The van der Waals surface area contributed by atoms with Crippen LogP contribution in [0.1, 0.15) is 91.1 Å². The minimum absolute atomic E-state index is 0.0299. The number of ether oxygens (including phenoxy) is 2. The van der Waals surface area contributed by atoms with Crippen LogP contribution in [-0.4, -0.2) is 67.7 Å². The number of nitrogens with one attached hydrogen (secondary N) is 1. The number of nitrogens with zero attached hydrogens (tertiary/aromatic N) is 3. The van der Waals surface area contributed by atoms with Gasteiger partial charge in [-0.15, -0.1) is 0 Å². The molecule has 2 heterocycles. The standard InChI is InChI=1S/C56H65BrF2N4O6SSi/c1-38(52(64)67-9)24-25-39-18-16-19-40(34-39)56(7,53-61-51(63(8)62-53)45-35-41(26-27-46(45)58)69-50-47(59)36-48-44(49(50)57)28-31-60-48)30-17-29-55(5,6)37-70(65,66)33-32-68-71(54(2,3)4,42-20-12-10-13-21-42)43-22-14-11-15-23-43/h10-16,18-23,26-28,31,34-36,38,60H,17,24-25,29-30,32-33,37H2,1-9H3. The van der Waals surface area contributed by atoms with Gasteiger partial charge in [-0.05, 0) is 105 Å². The van der Waals surface area contributed by atoms with Gasteiger partial charge in [0.15, 0.2) is 33.1 Å². The van der Waals surface area contributed by atoms with Crippen molar-refractivity contribution in [3.05, 3.63) is 155 Å². The number of hydrogen-bond acceptors (Lipinski definition) is 8. The molecule has 15 heteroatoms. The molecule has 2 atom stereocenters. The molecule has 5 aromatic carbocycles. The minimum Gasteiger partial charge on any atom is -0.469 e. The van der Waals surface area contributed by atoms with Gasteiger partial charge in [-0.2, -0.15) is 5.10 Å². The molecule has 0 aliphatic heterocycles. The highest BCUT2D eigenvalue weighted by Crippen LogP contribution is 2.42. The van der Waals surface area contributed by atoms with Gasteiger partial charge in [-0.1, -0.05) is 133 Å². The molecule has 1 N–H and O–H groups in total. The van der Waals surface area contributed by atoms with Crippen LogP contribution in [0.2, 0.25) is 5.04 Å². The van der Waals surface area contributed by atoms with E-state index in [-0.39, 0.29) is 57.9 Å². The molecule has 0 spiro atoms. The Morgan fingerprint density at radius 2 is 1.54 bits per heavy atom. The lowest BCUT2D eigenvalue weighted by Gasteiger charge is -2.43. The number of carbonyl (C=O) groups is 1. The molecular formula is C56H65BrF2N4O6SSi. The first-order chi connectivity index (χ1) is 33.6. The number of sulfone groups is 1. The number of carbonyl (C=O) groups excluding carboxylic acids is 1. The minimum atomic E-state index is -3.58. The number of halogens is 3. The van der Waals surface area contributed by atoms with Gasteiger partial charge in [0.2, 0.25) is 0 Å². The summed E-state index contributed by atoms with van der Waals surface area (Å²) >= 11 is 3.48. The summed E-state index contributed by atoms with van der Waals surface area (Å²) in [5, 5.41) is 7.55. The molecule has 0 saturated heterocycles. The van der Waals surface area contributed by atoms with Crippen LogP contribution in [0.4, 0.5) is 8.78 Å². The lowest BCUT2D eigenvalue weighted by Crippen LogP contribution is -2.66. The molecule has 376 valence electrons. The normalized spacial score (nSPS) is 13.8. The van der Waals surface area contributed by atoms with E-state index < -0.39 is 40.6 Å². The van der Waals surface area contributed by atoms with Crippen molar-refractivity contribution in [1.82, 2.24) is 19.7 Å². The van der Waals surface area contributed by atoms with Crippen molar-refractivity contribution < 1.29 is 35.9 Å². The van der Waals surface area contributed by atoms with Crippen LogP contribution in [0.15, 0.2) is 126 Å². The monoisotopic (exact) mass is 1070 g/mol. The molecule has 0 radical (unpaired) electrons. The summed E-state index contributed by atoms with van der Waals surface area (Å²) in [6.07, 6.45) is 4.62. The molecule has 0 fully saturated rings. The Morgan fingerprint density at radius 3 is 2.18 bits per heavy atom. The fraction of sp³-hybridized carbons (Fsp3) is 0.375. The number of aryl methyl sites for hydroxylation is 2. The van der Waals surface area contributed by atoms with E-state index in [0.717, 1.165) is 26.9 Å². The molecule has 71 heavy (non-hydrogen) atoms. The second kappa shape index (κ2) is 21.7. The average molecular weight is 1070 g/mol. The van der Waals surface area contributed by atoms with Gasteiger partial charge in [0.05, 0.1) is 40.0 Å². The number of esters is 1. The van der Waals surface area contributed by atoms with E-state index in [9.17, 15) is 13.2 Å². The van der Waals surface area contributed by atoms with Crippen molar-refractivity contribution in [2.24, 2.45) is 18.4 Å². The van der Waals surface area contributed by atoms with Crippen molar-refractivity contribution in [2.45, 2.75) is 91.0 Å². The van der Waals surface area contributed by atoms with Gasteiger partial charge in [0, 0.05) is 36.8 Å². The van der Waals surface area contributed by atoms with Crippen LogP contribution in [0, 0.1) is 23.0 Å².